The van der Waals surface area contributed by atoms with Crippen LogP contribution in [0, 0.1) is 0 Å². The molecular formula is C10H21NO2. The number of carbonyl (C=O) groups is 1. The zero-order valence-corrected chi connectivity index (χ0v) is 8.71. The van der Waals surface area contributed by atoms with Crippen molar-refractivity contribution in [3.05, 3.63) is 0 Å². The van der Waals surface area contributed by atoms with Crippen molar-refractivity contribution in [1.29, 1.82) is 0 Å². The fraction of sp³-hybridized carbons (Fsp3) is 0.900. The minimum atomic E-state index is -0.770. The fourth-order valence-electron chi connectivity index (χ4n) is 1.25. The Bertz CT molecular complexity index is 135. The first-order valence-corrected chi connectivity index (χ1v) is 5.02. The molecule has 13 heavy (non-hydrogen) atoms. The first-order valence-electron chi connectivity index (χ1n) is 5.02. The second kappa shape index (κ2) is 6.89. The molecule has 0 aromatic carbocycles. The maximum Gasteiger partial charge on any atom is 0.294 e. The van der Waals surface area contributed by atoms with Crippen LogP contribution in [0.25, 0.3) is 0 Å². The van der Waals surface area contributed by atoms with Crippen LogP contribution in [-0.4, -0.2) is 12.2 Å². The number of ether oxygens (including phenoxy) is 1. The molecule has 0 aliphatic heterocycles. The van der Waals surface area contributed by atoms with Crippen molar-refractivity contribution in [3.8, 4) is 0 Å². The number of hydrogen-bond acceptors (Lipinski definition) is 3. The summed E-state index contributed by atoms with van der Waals surface area (Å²) in [7, 11) is 0. The van der Waals surface area contributed by atoms with Gasteiger partial charge in [-0.1, -0.05) is 32.6 Å². The van der Waals surface area contributed by atoms with E-state index in [0.717, 1.165) is 12.8 Å². The average molecular weight is 187 g/mol. The fourth-order valence-corrected chi connectivity index (χ4v) is 1.25. The molecule has 1 atom stereocenters. The SMILES string of the molecule is CCCCCCCC(C)(N)OC=O. The van der Waals surface area contributed by atoms with Gasteiger partial charge in [0.05, 0.1) is 0 Å². The third-order valence-electron chi connectivity index (χ3n) is 2.09. The van der Waals surface area contributed by atoms with Gasteiger partial charge in [-0.15, -0.1) is 0 Å². The molecule has 0 amide bonds. The Hall–Kier alpha value is -0.570. The van der Waals surface area contributed by atoms with E-state index in [1.165, 1.54) is 25.7 Å². The average Bonchev–Trinajstić information content (AvgIpc) is 2.04. The molecule has 3 nitrogen and oxygen atoms in total. The van der Waals surface area contributed by atoms with Crippen molar-refractivity contribution in [2.75, 3.05) is 0 Å². The van der Waals surface area contributed by atoms with Crippen molar-refractivity contribution in [2.45, 2.75) is 58.1 Å². The Balaban J connectivity index is 3.34. The van der Waals surface area contributed by atoms with Gasteiger partial charge in [-0.25, -0.2) is 0 Å². The first kappa shape index (κ1) is 12.4. The Labute approximate surface area is 80.6 Å². The molecule has 78 valence electrons. The molecule has 0 aliphatic carbocycles. The summed E-state index contributed by atoms with van der Waals surface area (Å²) in [5.41, 5.74) is 4.92. The topological polar surface area (TPSA) is 52.3 Å². The lowest BCUT2D eigenvalue weighted by molar-refractivity contribution is -0.142. The highest BCUT2D eigenvalue weighted by atomic mass is 16.5. The Kier molecular flexibility index (Phi) is 6.59. The first-order chi connectivity index (χ1) is 6.12. The summed E-state index contributed by atoms with van der Waals surface area (Å²) in [6.45, 7) is 4.34. The van der Waals surface area contributed by atoms with E-state index in [4.69, 9.17) is 10.5 Å². The lowest BCUT2D eigenvalue weighted by atomic mass is 10.1. The third kappa shape index (κ3) is 7.78. The lowest BCUT2D eigenvalue weighted by Crippen LogP contribution is -2.38. The van der Waals surface area contributed by atoms with Crippen molar-refractivity contribution in [3.63, 3.8) is 0 Å². The van der Waals surface area contributed by atoms with Crippen molar-refractivity contribution >= 4 is 6.47 Å². The number of rotatable bonds is 8. The van der Waals surface area contributed by atoms with Crippen LogP contribution in [0.1, 0.15) is 52.4 Å². The number of nitrogens with two attached hydrogens (primary N) is 1. The third-order valence-corrected chi connectivity index (χ3v) is 2.09. The highest BCUT2D eigenvalue weighted by molar-refractivity contribution is 5.38. The van der Waals surface area contributed by atoms with Crippen LogP contribution >= 0.6 is 0 Å². The number of unbranched alkanes of at least 4 members (excludes halogenated alkanes) is 4. The van der Waals surface area contributed by atoms with E-state index in [0.29, 0.717) is 6.47 Å². The maximum atomic E-state index is 10.1. The van der Waals surface area contributed by atoms with Crippen LogP contribution in [0.4, 0.5) is 0 Å². The summed E-state index contributed by atoms with van der Waals surface area (Å²) in [5, 5.41) is 0. The molecule has 0 bridgehead atoms. The molecule has 3 heteroatoms. The van der Waals surface area contributed by atoms with E-state index >= 15 is 0 Å². The Morgan fingerprint density at radius 3 is 2.46 bits per heavy atom. The Morgan fingerprint density at radius 1 is 1.31 bits per heavy atom. The standard InChI is InChI=1S/C10H21NO2/c1-3-4-5-6-7-8-10(2,11)13-9-12/h9H,3-8,11H2,1-2H3. The Morgan fingerprint density at radius 2 is 1.92 bits per heavy atom. The largest absolute Gasteiger partial charge is 0.447 e. The van der Waals surface area contributed by atoms with Gasteiger partial charge in [0.1, 0.15) is 0 Å². The number of hydrogen-bond donors (Lipinski definition) is 1. The van der Waals surface area contributed by atoms with Gasteiger partial charge in [-0.3, -0.25) is 10.5 Å². The number of carbonyl (C=O) groups excluding carboxylic acids is 1. The van der Waals surface area contributed by atoms with Crippen LogP contribution in [0.3, 0.4) is 0 Å². The molecule has 0 fully saturated rings. The normalized spacial score (nSPS) is 15.0. The molecule has 0 saturated carbocycles. The van der Waals surface area contributed by atoms with Crippen molar-refractivity contribution < 1.29 is 9.53 Å². The predicted molar refractivity (Wildman–Crippen MR) is 53.1 cm³/mol. The van der Waals surface area contributed by atoms with Gasteiger partial charge in [0, 0.05) is 6.42 Å². The lowest BCUT2D eigenvalue weighted by Gasteiger charge is -2.21. The van der Waals surface area contributed by atoms with Gasteiger partial charge in [0.25, 0.3) is 6.47 Å². The minimum Gasteiger partial charge on any atom is -0.447 e. The van der Waals surface area contributed by atoms with Gasteiger partial charge >= 0.3 is 0 Å². The van der Waals surface area contributed by atoms with Crippen molar-refractivity contribution in [1.82, 2.24) is 0 Å². The van der Waals surface area contributed by atoms with Crippen molar-refractivity contribution in [2.24, 2.45) is 5.73 Å². The zero-order chi connectivity index (χ0) is 10.2. The summed E-state index contributed by atoms with van der Waals surface area (Å²) in [6.07, 6.45) is 6.70. The van der Waals surface area contributed by atoms with Crippen LogP contribution in [0.2, 0.25) is 0 Å². The summed E-state index contributed by atoms with van der Waals surface area (Å²) in [6, 6.07) is 0. The maximum absolute atomic E-state index is 10.1. The molecule has 0 aliphatic rings. The van der Waals surface area contributed by atoms with Gasteiger partial charge in [0.2, 0.25) is 0 Å². The highest BCUT2D eigenvalue weighted by Crippen LogP contribution is 2.13. The monoisotopic (exact) mass is 187 g/mol. The van der Waals surface area contributed by atoms with Gasteiger partial charge in [-0.2, -0.15) is 0 Å². The molecule has 0 radical (unpaired) electrons. The van der Waals surface area contributed by atoms with Gasteiger partial charge in [0.15, 0.2) is 5.72 Å². The molecule has 0 saturated heterocycles. The van der Waals surface area contributed by atoms with E-state index in [9.17, 15) is 4.79 Å². The quantitative estimate of drug-likeness (QED) is 0.360. The van der Waals surface area contributed by atoms with Crippen LogP contribution in [-0.2, 0) is 9.53 Å². The van der Waals surface area contributed by atoms with E-state index in [-0.39, 0.29) is 0 Å². The van der Waals surface area contributed by atoms with Gasteiger partial charge < -0.3 is 4.74 Å². The summed E-state index contributed by atoms with van der Waals surface area (Å²) in [4.78, 5) is 10.1. The molecule has 0 aromatic heterocycles. The van der Waals surface area contributed by atoms with Gasteiger partial charge in [-0.05, 0) is 13.3 Å². The minimum absolute atomic E-state index is 0.423. The van der Waals surface area contributed by atoms with E-state index in [1.54, 1.807) is 6.92 Å². The molecule has 2 N–H and O–H groups in total. The van der Waals surface area contributed by atoms with Crippen LogP contribution in [0.5, 0.6) is 0 Å². The summed E-state index contributed by atoms with van der Waals surface area (Å²) in [5.74, 6) is 0. The molecule has 0 rings (SSSR count). The molecule has 0 spiro atoms. The highest BCUT2D eigenvalue weighted by Gasteiger charge is 2.17. The molecule has 1 unspecified atom stereocenters. The second-order valence-corrected chi connectivity index (χ2v) is 3.69. The predicted octanol–water partition coefficient (Wildman–Crippen LogP) is 2.19. The zero-order valence-electron chi connectivity index (χ0n) is 8.71. The summed E-state index contributed by atoms with van der Waals surface area (Å²) >= 11 is 0. The molecule has 0 aromatic rings. The molecular weight excluding hydrogens is 166 g/mol. The second-order valence-electron chi connectivity index (χ2n) is 3.69. The van der Waals surface area contributed by atoms with E-state index < -0.39 is 5.72 Å². The molecule has 0 heterocycles. The van der Waals surface area contributed by atoms with Crippen LogP contribution < -0.4 is 5.73 Å². The van der Waals surface area contributed by atoms with Crippen LogP contribution in [0.15, 0.2) is 0 Å². The van der Waals surface area contributed by atoms with E-state index in [2.05, 4.69) is 6.92 Å². The summed E-state index contributed by atoms with van der Waals surface area (Å²) < 4.78 is 4.73. The smallest absolute Gasteiger partial charge is 0.294 e. The van der Waals surface area contributed by atoms with E-state index in [1.807, 2.05) is 0 Å².